The lowest BCUT2D eigenvalue weighted by Crippen LogP contribution is -2.03. The Kier molecular flexibility index (Phi) is 2.59. The summed E-state index contributed by atoms with van der Waals surface area (Å²) in [6.07, 6.45) is 3.53. The molecule has 4 rings (SSSR count). The summed E-state index contributed by atoms with van der Waals surface area (Å²) in [7, 11) is 0. The van der Waals surface area contributed by atoms with Gasteiger partial charge in [0.1, 0.15) is 0 Å². The molecular formula is C16H10ClN3O. The van der Waals surface area contributed by atoms with Crippen molar-refractivity contribution in [1.29, 1.82) is 0 Å². The molecule has 0 unspecified atom stereocenters. The van der Waals surface area contributed by atoms with Crippen LogP contribution in [0.25, 0.3) is 22.6 Å². The van der Waals surface area contributed by atoms with Crippen molar-refractivity contribution in [1.82, 2.24) is 10.2 Å². The van der Waals surface area contributed by atoms with E-state index >= 15 is 0 Å². The summed E-state index contributed by atoms with van der Waals surface area (Å²) in [6.45, 7) is 0. The number of halogens is 1. The Morgan fingerprint density at radius 1 is 1.19 bits per heavy atom. The average Bonchev–Trinajstić information content (AvgIpc) is 3.05. The first kappa shape index (κ1) is 12.2. The highest BCUT2D eigenvalue weighted by Crippen LogP contribution is 2.33. The summed E-state index contributed by atoms with van der Waals surface area (Å²) in [6, 6.07) is 11.4. The van der Waals surface area contributed by atoms with Crippen LogP contribution in [0, 0.1) is 0 Å². The Labute approximate surface area is 125 Å². The van der Waals surface area contributed by atoms with Gasteiger partial charge in [-0.3, -0.25) is 9.89 Å². The third-order valence-corrected chi connectivity index (χ3v) is 3.86. The molecule has 2 aromatic carbocycles. The first-order valence-corrected chi connectivity index (χ1v) is 6.85. The van der Waals surface area contributed by atoms with Gasteiger partial charge in [-0.2, -0.15) is 5.10 Å². The maximum atomic E-state index is 12.1. The largest absolute Gasteiger partial charge is 0.321 e. The van der Waals surface area contributed by atoms with Gasteiger partial charge in [-0.1, -0.05) is 29.8 Å². The lowest BCUT2D eigenvalue weighted by molar-refractivity contribution is -0.110. The molecule has 1 aliphatic heterocycles. The summed E-state index contributed by atoms with van der Waals surface area (Å²) in [4.78, 5) is 12.1. The van der Waals surface area contributed by atoms with Gasteiger partial charge in [0, 0.05) is 22.2 Å². The monoisotopic (exact) mass is 295 g/mol. The third kappa shape index (κ3) is 1.92. The molecule has 0 aliphatic carbocycles. The first-order valence-electron chi connectivity index (χ1n) is 6.47. The topological polar surface area (TPSA) is 57.8 Å². The van der Waals surface area contributed by atoms with Crippen LogP contribution in [-0.2, 0) is 4.79 Å². The summed E-state index contributed by atoms with van der Waals surface area (Å²) >= 11 is 6.24. The predicted molar refractivity (Wildman–Crippen MR) is 84.0 cm³/mol. The predicted octanol–water partition coefficient (Wildman–Crippen LogP) is 3.71. The van der Waals surface area contributed by atoms with Crippen molar-refractivity contribution in [3.8, 4) is 0 Å². The molecule has 2 N–H and O–H groups in total. The number of nitrogens with zero attached hydrogens (tertiary/aromatic N) is 1. The van der Waals surface area contributed by atoms with Crippen LogP contribution >= 0.6 is 11.6 Å². The lowest BCUT2D eigenvalue weighted by Gasteiger charge is -2.00. The van der Waals surface area contributed by atoms with Gasteiger partial charge < -0.3 is 5.32 Å². The van der Waals surface area contributed by atoms with E-state index in [4.69, 9.17) is 11.6 Å². The fourth-order valence-electron chi connectivity index (χ4n) is 2.56. The number of aromatic nitrogens is 2. The highest BCUT2D eigenvalue weighted by molar-refractivity contribution is 6.36. The van der Waals surface area contributed by atoms with Crippen LogP contribution in [0.15, 0.2) is 42.6 Å². The summed E-state index contributed by atoms with van der Waals surface area (Å²) in [5, 5.41) is 11.2. The van der Waals surface area contributed by atoms with Crippen LogP contribution in [0.4, 0.5) is 5.69 Å². The number of rotatable bonds is 1. The van der Waals surface area contributed by atoms with Crippen LogP contribution in [0.1, 0.15) is 11.1 Å². The van der Waals surface area contributed by atoms with E-state index in [0.29, 0.717) is 10.6 Å². The molecule has 102 valence electrons. The number of benzene rings is 2. The van der Waals surface area contributed by atoms with Gasteiger partial charge in [0.15, 0.2) is 0 Å². The molecule has 0 atom stereocenters. The summed E-state index contributed by atoms with van der Waals surface area (Å²) in [5.41, 5.74) is 4.09. The summed E-state index contributed by atoms with van der Waals surface area (Å²) in [5.74, 6) is -0.1000. The molecule has 0 saturated carbocycles. The van der Waals surface area contributed by atoms with E-state index in [9.17, 15) is 4.79 Å². The van der Waals surface area contributed by atoms with Gasteiger partial charge in [0.25, 0.3) is 5.91 Å². The second-order valence-corrected chi connectivity index (χ2v) is 5.30. The molecule has 1 aromatic heterocycles. The van der Waals surface area contributed by atoms with E-state index in [2.05, 4.69) is 15.5 Å². The van der Waals surface area contributed by atoms with Crippen LogP contribution in [0.3, 0.4) is 0 Å². The summed E-state index contributed by atoms with van der Waals surface area (Å²) < 4.78 is 0. The Morgan fingerprint density at radius 3 is 2.95 bits per heavy atom. The van der Waals surface area contributed by atoms with Gasteiger partial charge >= 0.3 is 0 Å². The average molecular weight is 296 g/mol. The van der Waals surface area contributed by atoms with E-state index in [1.165, 1.54) is 0 Å². The minimum atomic E-state index is -0.1000. The van der Waals surface area contributed by atoms with Gasteiger partial charge in [-0.05, 0) is 29.8 Å². The molecule has 0 saturated heterocycles. The normalized spacial score (nSPS) is 15.5. The van der Waals surface area contributed by atoms with Crippen LogP contribution in [-0.4, -0.2) is 16.1 Å². The lowest BCUT2D eigenvalue weighted by atomic mass is 10.0. The Bertz CT molecular complexity index is 911. The number of nitrogens with one attached hydrogen (secondary N) is 2. The zero-order chi connectivity index (χ0) is 14.4. The van der Waals surface area contributed by atoms with E-state index < -0.39 is 0 Å². The van der Waals surface area contributed by atoms with E-state index in [1.807, 2.05) is 42.5 Å². The molecule has 1 amide bonds. The van der Waals surface area contributed by atoms with Crippen LogP contribution < -0.4 is 5.32 Å². The zero-order valence-corrected chi connectivity index (χ0v) is 11.6. The van der Waals surface area contributed by atoms with Crippen LogP contribution in [0.5, 0.6) is 0 Å². The Balaban J connectivity index is 1.88. The molecule has 2 heterocycles. The highest BCUT2D eigenvalue weighted by Gasteiger charge is 2.23. The molecule has 0 bridgehead atoms. The molecule has 3 aromatic rings. The van der Waals surface area contributed by atoms with Gasteiger partial charge in [-0.15, -0.1) is 0 Å². The fraction of sp³-hybridized carbons (Fsp3) is 0. The minimum absolute atomic E-state index is 0.1000. The molecule has 1 aliphatic rings. The number of carbonyl (C=O) groups excluding carboxylic acids is 1. The maximum absolute atomic E-state index is 12.1. The van der Waals surface area contributed by atoms with Crippen molar-refractivity contribution in [3.05, 3.63) is 58.7 Å². The molecule has 0 radical (unpaired) electrons. The van der Waals surface area contributed by atoms with Gasteiger partial charge in [0.2, 0.25) is 0 Å². The van der Waals surface area contributed by atoms with Gasteiger partial charge in [0.05, 0.1) is 16.7 Å². The first-order chi connectivity index (χ1) is 10.2. The Hall–Kier alpha value is -2.59. The molecular weight excluding hydrogens is 286 g/mol. The number of carbonyl (C=O) groups is 1. The van der Waals surface area contributed by atoms with Crippen LogP contribution in [0.2, 0.25) is 5.02 Å². The third-order valence-electron chi connectivity index (χ3n) is 3.55. The molecule has 0 spiro atoms. The molecule has 21 heavy (non-hydrogen) atoms. The Morgan fingerprint density at radius 2 is 2.05 bits per heavy atom. The smallest absolute Gasteiger partial charge is 0.256 e. The van der Waals surface area contributed by atoms with Crippen molar-refractivity contribution in [3.63, 3.8) is 0 Å². The number of fused-ring (bicyclic) bond motifs is 2. The minimum Gasteiger partial charge on any atom is -0.321 e. The van der Waals surface area contributed by atoms with Crippen molar-refractivity contribution >= 4 is 45.7 Å². The molecule has 5 heteroatoms. The zero-order valence-electron chi connectivity index (χ0n) is 10.9. The highest BCUT2D eigenvalue weighted by atomic mass is 35.5. The quantitative estimate of drug-likeness (QED) is 0.672. The second kappa shape index (κ2) is 4.46. The molecule has 4 nitrogen and oxygen atoms in total. The van der Waals surface area contributed by atoms with Crippen molar-refractivity contribution in [2.24, 2.45) is 0 Å². The van der Waals surface area contributed by atoms with E-state index in [1.54, 1.807) is 6.20 Å². The molecule has 0 fully saturated rings. The van der Waals surface area contributed by atoms with Crippen molar-refractivity contribution in [2.75, 3.05) is 5.32 Å². The van der Waals surface area contributed by atoms with E-state index in [-0.39, 0.29) is 5.91 Å². The van der Waals surface area contributed by atoms with Crippen molar-refractivity contribution < 1.29 is 4.79 Å². The number of hydrogen-bond acceptors (Lipinski definition) is 2. The SMILES string of the molecule is O=C1Nc2ccccc2/C1=C\c1cc(Cl)c2cn[nH]c2c1. The van der Waals surface area contributed by atoms with Crippen molar-refractivity contribution in [2.45, 2.75) is 0 Å². The number of H-pyrrole nitrogens is 1. The number of para-hydroxylation sites is 1. The van der Waals surface area contributed by atoms with Gasteiger partial charge in [-0.25, -0.2) is 0 Å². The number of hydrogen-bond donors (Lipinski definition) is 2. The number of aromatic amines is 1. The standard InChI is InChI=1S/C16H10ClN3O/c17-13-6-9(7-15-12(13)8-18-20-15)5-11-10-3-1-2-4-14(10)19-16(11)21/h1-8H,(H,18,20)(H,19,21)/b11-5+. The second-order valence-electron chi connectivity index (χ2n) is 4.89. The fourth-order valence-corrected chi connectivity index (χ4v) is 2.84. The van der Waals surface area contributed by atoms with E-state index in [0.717, 1.165) is 27.7 Å². The number of amides is 1. The number of anilines is 1. The maximum Gasteiger partial charge on any atom is 0.256 e.